The third-order valence-corrected chi connectivity index (χ3v) is 0.158. The molecule has 0 fully saturated rings. The van der Waals surface area contributed by atoms with Crippen LogP contribution in [0.1, 0.15) is 0 Å². The zero-order valence-corrected chi connectivity index (χ0v) is 2.75. The molecule has 0 unspecified atom stereocenters. The minimum Gasteiger partial charge on any atom is -0.507 e. The van der Waals surface area contributed by atoms with E-state index < -0.39 is 0 Å². The van der Waals surface area contributed by atoms with Gasteiger partial charge in [-0.1, -0.05) is 0 Å². The van der Waals surface area contributed by atoms with E-state index in [9.17, 15) is 0 Å². The number of hydrogen-bond acceptors (Lipinski definition) is 2. The molecule has 1 nitrogen and oxygen atoms in total. The van der Waals surface area contributed by atoms with Crippen LogP contribution < -0.4 is 0 Å². The first-order valence-corrected chi connectivity index (χ1v) is 1.16. The smallest absolute Gasteiger partial charge is 0.132 e. The maximum absolute atomic E-state index is 7.53. The van der Waals surface area contributed by atoms with Crippen molar-refractivity contribution in [3.05, 3.63) is 6.26 Å². The Morgan fingerprint density at radius 2 is 2.25 bits per heavy atom. The van der Waals surface area contributed by atoms with Crippen molar-refractivity contribution < 1.29 is 5.11 Å². The molecule has 1 N–H and O–H groups in total. The highest BCUT2D eigenvalue weighted by atomic mass is 32.1. The quantitative estimate of drug-likeness (QED) is 0.336. The minimum atomic E-state index is 0.690. The van der Waals surface area contributed by atoms with Crippen LogP contribution in [0.4, 0.5) is 0 Å². The van der Waals surface area contributed by atoms with E-state index in [1.807, 2.05) is 5.02 Å². The molecule has 22 valence electrons. The first kappa shape index (κ1) is 3.67. The summed E-state index contributed by atoms with van der Waals surface area (Å²) in [6.45, 7) is 0. The van der Waals surface area contributed by atoms with Gasteiger partial charge in [0.1, 0.15) is 6.26 Å². The van der Waals surface area contributed by atoms with Crippen molar-refractivity contribution in [3.8, 4) is 0 Å². The van der Waals surface area contributed by atoms with E-state index in [-0.39, 0.29) is 0 Å². The molecule has 0 saturated carbocycles. The summed E-state index contributed by atoms with van der Waals surface area (Å²) >= 11 is 4.00. The van der Waals surface area contributed by atoms with E-state index in [4.69, 9.17) is 5.11 Å². The van der Waals surface area contributed by atoms with Gasteiger partial charge in [0.15, 0.2) is 0 Å². The molecule has 0 saturated heterocycles. The molecule has 0 aliphatic carbocycles. The van der Waals surface area contributed by atoms with Crippen LogP contribution in [0.2, 0.25) is 0 Å². The number of hydrogen-bond donors (Lipinski definition) is 1. The molecule has 0 aliphatic heterocycles. The van der Waals surface area contributed by atoms with Gasteiger partial charge in [-0.2, -0.15) is 0 Å². The van der Waals surface area contributed by atoms with Gasteiger partial charge in [-0.3, -0.25) is 0 Å². The molecule has 0 spiro atoms. The lowest BCUT2D eigenvalue weighted by Gasteiger charge is -1.43. The normalized spacial score (nSPS) is 4.00. The van der Waals surface area contributed by atoms with Crippen molar-refractivity contribution in [2.45, 2.75) is 0 Å². The highest BCUT2D eigenvalue weighted by Gasteiger charge is 1.26. The van der Waals surface area contributed by atoms with Crippen molar-refractivity contribution in [3.63, 3.8) is 0 Å². The second-order valence-electron chi connectivity index (χ2n) is 0.247. The van der Waals surface area contributed by atoms with Crippen LogP contribution in [0.3, 0.4) is 0 Å². The Bertz CT molecular complexity index is 44.0. The molecule has 4 heavy (non-hydrogen) atoms. The van der Waals surface area contributed by atoms with E-state index in [2.05, 4.69) is 12.2 Å². The Labute approximate surface area is 29.6 Å². The molecule has 0 radical (unpaired) electrons. The van der Waals surface area contributed by atoms with E-state index >= 15 is 0 Å². The van der Waals surface area contributed by atoms with Gasteiger partial charge in [0.2, 0.25) is 0 Å². The largest absolute Gasteiger partial charge is 0.507 e. The van der Waals surface area contributed by atoms with Gasteiger partial charge in [-0.15, -0.1) is 0 Å². The van der Waals surface area contributed by atoms with Crippen LogP contribution in [0.15, 0.2) is 6.26 Å². The number of thiocarbonyl (C=S) groups is 1. The second-order valence-corrected chi connectivity index (χ2v) is 0.483. The standard InChI is InChI=1S/C2H2OS/c3-1-2-4/h1,3H. The van der Waals surface area contributed by atoms with Gasteiger partial charge in [0.05, 0.1) is 0 Å². The molecule has 0 aliphatic rings. The molecule has 0 heterocycles. The average molecular weight is 74.1 g/mol. The lowest BCUT2D eigenvalue weighted by atomic mass is 11.2. The lowest BCUT2D eigenvalue weighted by Crippen LogP contribution is -1.37. The Balaban J connectivity index is 3.11. The maximum atomic E-state index is 7.53. The lowest BCUT2D eigenvalue weighted by molar-refractivity contribution is 0.481. The summed E-state index contributed by atoms with van der Waals surface area (Å²) < 4.78 is 0. The first-order valence-electron chi connectivity index (χ1n) is 0.751. The van der Waals surface area contributed by atoms with Crippen LogP contribution >= 0.6 is 12.2 Å². The summed E-state index contributed by atoms with van der Waals surface area (Å²) in [4.78, 5) is 0. The molecule has 0 rings (SSSR count). The van der Waals surface area contributed by atoms with E-state index in [0.717, 1.165) is 0 Å². The fraction of sp³-hybridized carbons (Fsp3) is 0. The van der Waals surface area contributed by atoms with E-state index in [1.165, 1.54) is 0 Å². The van der Waals surface area contributed by atoms with Crippen molar-refractivity contribution in [2.75, 3.05) is 0 Å². The van der Waals surface area contributed by atoms with E-state index in [0.29, 0.717) is 6.26 Å². The topological polar surface area (TPSA) is 20.2 Å². The monoisotopic (exact) mass is 74.0 g/mol. The average Bonchev–Trinajstić information content (AvgIpc) is 1.37. The van der Waals surface area contributed by atoms with Gasteiger partial charge in [0.25, 0.3) is 0 Å². The number of aliphatic hydroxyl groups excluding tert-OH is 1. The van der Waals surface area contributed by atoms with Gasteiger partial charge < -0.3 is 5.11 Å². The molecular formula is C2H2OS. The second kappa shape index (κ2) is 2.67. The van der Waals surface area contributed by atoms with Crippen molar-refractivity contribution in [2.24, 2.45) is 0 Å². The summed E-state index contributed by atoms with van der Waals surface area (Å²) in [5.74, 6) is 0. The Hall–Kier alpha value is -0.330. The summed E-state index contributed by atoms with van der Waals surface area (Å²) in [6.07, 6.45) is 0.690. The summed E-state index contributed by atoms with van der Waals surface area (Å²) in [5.41, 5.74) is 0. The zero-order chi connectivity index (χ0) is 3.41. The van der Waals surface area contributed by atoms with Crippen molar-refractivity contribution in [1.82, 2.24) is 0 Å². The zero-order valence-electron chi connectivity index (χ0n) is 1.93. The predicted octanol–water partition coefficient (Wildman–Crippen LogP) is 0.657. The number of rotatable bonds is 0. The highest BCUT2D eigenvalue weighted by molar-refractivity contribution is 7.78. The fourth-order valence-electron chi connectivity index (χ4n) is 0. The molecule has 0 aromatic carbocycles. The van der Waals surface area contributed by atoms with Crippen molar-refractivity contribution in [1.29, 1.82) is 0 Å². The molecule has 0 aromatic heterocycles. The Morgan fingerprint density at radius 3 is 2.25 bits per heavy atom. The van der Waals surface area contributed by atoms with Gasteiger partial charge in [-0.25, -0.2) is 0 Å². The van der Waals surface area contributed by atoms with Crippen LogP contribution in [0.5, 0.6) is 0 Å². The van der Waals surface area contributed by atoms with Crippen LogP contribution in [-0.4, -0.2) is 10.1 Å². The summed E-state index contributed by atoms with van der Waals surface area (Å²) in [7, 11) is 0. The third-order valence-electron chi connectivity index (χ3n) is 0.0527. The molecule has 2 heteroatoms. The minimum absolute atomic E-state index is 0.690. The molecule has 0 aromatic rings. The molecule has 0 atom stereocenters. The van der Waals surface area contributed by atoms with Gasteiger partial charge in [-0.05, 0) is 17.2 Å². The highest BCUT2D eigenvalue weighted by Crippen LogP contribution is 1.34. The fourth-order valence-corrected chi connectivity index (χ4v) is 0. The SMILES string of the molecule is OC=C=S. The van der Waals surface area contributed by atoms with E-state index in [1.54, 1.807) is 0 Å². The molecular weight excluding hydrogens is 72.1 g/mol. The predicted molar refractivity (Wildman–Crippen MR) is 19.8 cm³/mol. The summed E-state index contributed by atoms with van der Waals surface area (Å²) in [5, 5.41) is 9.48. The Kier molecular flexibility index (Phi) is 2.45. The first-order chi connectivity index (χ1) is 1.91. The molecule has 0 amide bonds. The summed E-state index contributed by atoms with van der Waals surface area (Å²) in [6, 6.07) is 0. The van der Waals surface area contributed by atoms with Crippen LogP contribution in [0, 0.1) is 0 Å². The van der Waals surface area contributed by atoms with Crippen molar-refractivity contribution >= 4 is 17.2 Å². The van der Waals surface area contributed by atoms with Gasteiger partial charge >= 0.3 is 0 Å². The van der Waals surface area contributed by atoms with Gasteiger partial charge in [0, 0.05) is 0 Å². The molecule has 0 bridgehead atoms. The Morgan fingerprint density at radius 1 is 2.00 bits per heavy atom. The maximum Gasteiger partial charge on any atom is 0.132 e. The van der Waals surface area contributed by atoms with Crippen LogP contribution in [-0.2, 0) is 0 Å². The van der Waals surface area contributed by atoms with Crippen LogP contribution in [0.25, 0.3) is 0 Å². The third kappa shape index (κ3) is 1.67. The number of aliphatic hydroxyl groups is 1.